The van der Waals surface area contributed by atoms with Gasteiger partial charge in [0.1, 0.15) is 0 Å². The van der Waals surface area contributed by atoms with Gasteiger partial charge in [0.05, 0.1) is 23.0 Å². The molecule has 1 aliphatic rings. The van der Waals surface area contributed by atoms with Crippen molar-refractivity contribution in [3.63, 3.8) is 0 Å². The van der Waals surface area contributed by atoms with E-state index in [-0.39, 0.29) is 18.9 Å². The van der Waals surface area contributed by atoms with Gasteiger partial charge >= 0.3 is 5.97 Å². The van der Waals surface area contributed by atoms with Crippen LogP contribution in [0.15, 0.2) is 0 Å². The fourth-order valence-corrected chi connectivity index (χ4v) is 2.03. The number of H-pyrrole nitrogens is 1. The Labute approximate surface area is 92.3 Å². The first-order valence-electron chi connectivity index (χ1n) is 5.05. The lowest BCUT2D eigenvalue weighted by Crippen LogP contribution is -2.26. The number of anilines is 1. The highest BCUT2D eigenvalue weighted by molar-refractivity contribution is 6.00. The normalized spacial score (nSPS) is 20.5. The van der Waals surface area contributed by atoms with E-state index < -0.39 is 11.9 Å². The van der Waals surface area contributed by atoms with Crippen LogP contribution in [0.4, 0.5) is 5.69 Å². The summed E-state index contributed by atoms with van der Waals surface area (Å²) in [5, 5.41) is 15.7. The maximum Gasteiger partial charge on any atom is 0.308 e. The number of rotatable bonds is 2. The Morgan fingerprint density at radius 2 is 2.25 bits per heavy atom. The number of carboxylic acids is 1. The highest BCUT2D eigenvalue weighted by Crippen LogP contribution is 2.29. The predicted molar refractivity (Wildman–Crippen MR) is 56.2 cm³/mol. The standard InChI is InChI=1S/C10H13N3O3/c1-5-9(6(2)12-11-5)13-4-7(10(15)16)3-8(13)14/h7H,3-4H2,1-2H3,(H,11,12)(H,15,16). The van der Waals surface area contributed by atoms with E-state index in [9.17, 15) is 9.59 Å². The average molecular weight is 223 g/mol. The van der Waals surface area contributed by atoms with E-state index >= 15 is 0 Å². The molecule has 2 rings (SSSR count). The number of aromatic amines is 1. The number of nitrogens with zero attached hydrogens (tertiary/aromatic N) is 2. The summed E-state index contributed by atoms with van der Waals surface area (Å²) in [6.07, 6.45) is 0.0688. The minimum absolute atomic E-state index is 0.0688. The SMILES string of the molecule is Cc1n[nH]c(C)c1N1CC(C(=O)O)CC1=O. The Kier molecular flexibility index (Phi) is 2.41. The number of carbonyl (C=O) groups excluding carboxylic acids is 1. The minimum Gasteiger partial charge on any atom is -0.481 e. The maximum absolute atomic E-state index is 11.7. The quantitative estimate of drug-likeness (QED) is 0.762. The van der Waals surface area contributed by atoms with Crippen molar-refractivity contribution < 1.29 is 14.7 Å². The van der Waals surface area contributed by atoms with E-state index in [1.165, 1.54) is 4.90 Å². The van der Waals surface area contributed by atoms with Crippen LogP contribution in [-0.4, -0.2) is 33.7 Å². The third-order valence-electron chi connectivity index (χ3n) is 2.83. The fraction of sp³-hybridized carbons (Fsp3) is 0.500. The number of aryl methyl sites for hydroxylation is 2. The summed E-state index contributed by atoms with van der Waals surface area (Å²) < 4.78 is 0. The lowest BCUT2D eigenvalue weighted by atomic mass is 10.1. The van der Waals surface area contributed by atoms with Crippen molar-refractivity contribution in [3.05, 3.63) is 11.4 Å². The van der Waals surface area contributed by atoms with Crippen molar-refractivity contribution in [2.45, 2.75) is 20.3 Å². The second-order valence-corrected chi connectivity index (χ2v) is 4.03. The Morgan fingerprint density at radius 3 is 2.69 bits per heavy atom. The number of hydrogen-bond acceptors (Lipinski definition) is 3. The van der Waals surface area contributed by atoms with E-state index in [0.29, 0.717) is 5.69 Å². The zero-order chi connectivity index (χ0) is 11.9. The second kappa shape index (κ2) is 3.62. The Balaban J connectivity index is 2.30. The molecule has 2 heterocycles. The van der Waals surface area contributed by atoms with Gasteiger partial charge in [-0.2, -0.15) is 5.10 Å². The van der Waals surface area contributed by atoms with Crippen molar-refractivity contribution in [2.75, 3.05) is 11.4 Å². The highest BCUT2D eigenvalue weighted by Gasteiger charge is 2.36. The third-order valence-corrected chi connectivity index (χ3v) is 2.83. The molecule has 1 atom stereocenters. The summed E-state index contributed by atoms with van der Waals surface area (Å²) in [4.78, 5) is 24.0. The van der Waals surface area contributed by atoms with Gasteiger partial charge in [0.2, 0.25) is 5.91 Å². The molecule has 0 aromatic carbocycles. The number of nitrogens with one attached hydrogen (secondary N) is 1. The number of aliphatic carboxylic acids is 1. The van der Waals surface area contributed by atoms with Crippen LogP contribution < -0.4 is 4.90 Å². The first-order chi connectivity index (χ1) is 7.50. The number of amides is 1. The number of hydrogen-bond donors (Lipinski definition) is 2. The molecule has 1 aromatic heterocycles. The fourth-order valence-electron chi connectivity index (χ4n) is 2.03. The molecule has 0 spiro atoms. The number of carbonyl (C=O) groups is 2. The molecule has 1 aromatic rings. The van der Waals surface area contributed by atoms with E-state index in [2.05, 4.69) is 10.2 Å². The first-order valence-corrected chi connectivity index (χ1v) is 5.05. The molecule has 0 saturated carbocycles. The topological polar surface area (TPSA) is 86.3 Å². The van der Waals surface area contributed by atoms with Gasteiger partial charge in [-0.15, -0.1) is 0 Å². The highest BCUT2D eigenvalue weighted by atomic mass is 16.4. The van der Waals surface area contributed by atoms with Gasteiger partial charge in [0, 0.05) is 13.0 Å². The lowest BCUT2D eigenvalue weighted by molar-refractivity contribution is -0.141. The van der Waals surface area contributed by atoms with Gasteiger partial charge in [0.25, 0.3) is 0 Å². The van der Waals surface area contributed by atoms with Gasteiger partial charge in [-0.25, -0.2) is 0 Å². The zero-order valence-corrected chi connectivity index (χ0v) is 9.15. The van der Waals surface area contributed by atoms with Crippen LogP contribution in [0.5, 0.6) is 0 Å². The maximum atomic E-state index is 11.7. The van der Waals surface area contributed by atoms with Gasteiger partial charge in [-0.1, -0.05) is 0 Å². The van der Waals surface area contributed by atoms with Gasteiger partial charge in [-0.05, 0) is 13.8 Å². The second-order valence-electron chi connectivity index (χ2n) is 4.03. The van der Waals surface area contributed by atoms with Crippen LogP contribution >= 0.6 is 0 Å². The average Bonchev–Trinajstić information content (AvgIpc) is 2.71. The molecule has 6 nitrogen and oxygen atoms in total. The number of carboxylic acid groups (broad SMARTS) is 1. The molecule has 1 unspecified atom stereocenters. The molecular formula is C10H13N3O3. The third kappa shape index (κ3) is 1.56. The monoisotopic (exact) mass is 223 g/mol. The van der Waals surface area contributed by atoms with Gasteiger partial charge in [-0.3, -0.25) is 14.7 Å². The Morgan fingerprint density at radius 1 is 1.56 bits per heavy atom. The summed E-state index contributed by atoms with van der Waals surface area (Å²) in [6.45, 7) is 3.84. The van der Waals surface area contributed by atoms with Crippen LogP contribution in [0.1, 0.15) is 17.8 Å². The van der Waals surface area contributed by atoms with Gasteiger partial charge in [0.15, 0.2) is 0 Å². The van der Waals surface area contributed by atoms with E-state index in [1.54, 1.807) is 6.92 Å². The summed E-state index contributed by atoms with van der Waals surface area (Å²) in [5.41, 5.74) is 2.22. The molecule has 1 amide bonds. The van der Waals surface area contributed by atoms with E-state index in [0.717, 1.165) is 11.4 Å². The van der Waals surface area contributed by atoms with Crippen LogP contribution in [0, 0.1) is 19.8 Å². The van der Waals surface area contributed by atoms with E-state index in [4.69, 9.17) is 5.11 Å². The van der Waals surface area contributed by atoms with Crippen LogP contribution in [-0.2, 0) is 9.59 Å². The van der Waals surface area contributed by atoms with Crippen LogP contribution in [0.3, 0.4) is 0 Å². The lowest BCUT2D eigenvalue weighted by Gasteiger charge is -2.15. The Bertz CT molecular complexity index is 433. The Hall–Kier alpha value is -1.85. The summed E-state index contributed by atoms with van der Waals surface area (Å²) in [5.74, 6) is -1.68. The molecule has 0 radical (unpaired) electrons. The summed E-state index contributed by atoms with van der Waals surface area (Å²) >= 11 is 0. The van der Waals surface area contributed by atoms with E-state index in [1.807, 2.05) is 6.92 Å². The van der Waals surface area contributed by atoms with Crippen molar-refractivity contribution in [2.24, 2.45) is 5.92 Å². The zero-order valence-electron chi connectivity index (χ0n) is 9.15. The van der Waals surface area contributed by atoms with Crippen molar-refractivity contribution in [1.82, 2.24) is 10.2 Å². The summed E-state index contributed by atoms with van der Waals surface area (Å²) in [7, 11) is 0. The first kappa shape index (κ1) is 10.7. The molecule has 1 fully saturated rings. The number of aromatic nitrogens is 2. The summed E-state index contributed by atoms with van der Waals surface area (Å²) in [6, 6.07) is 0. The van der Waals surface area contributed by atoms with Gasteiger partial charge < -0.3 is 10.0 Å². The molecule has 16 heavy (non-hydrogen) atoms. The molecule has 2 N–H and O–H groups in total. The minimum atomic E-state index is -0.922. The largest absolute Gasteiger partial charge is 0.481 e. The molecule has 0 aliphatic carbocycles. The molecule has 86 valence electrons. The van der Waals surface area contributed by atoms with Crippen LogP contribution in [0.2, 0.25) is 0 Å². The van der Waals surface area contributed by atoms with Crippen molar-refractivity contribution >= 4 is 17.6 Å². The van der Waals surface area contributed by atoms with Crippen molar-refractivity contribution in [3.8, 4) is 0 Å². The smallest absolute Gasteiger partial charge is 0.308 e. The van der Waals surface area contributed by atoms with Crippen LogP contribution in [0.25, 0.3) is 0 Å². The molecule has 1 saturated heterocycles. The molecule has 1 aliphatic heterocycles. The molecular weight excluding hydrogens is 210 g/mol. The van der Waals surface area contributed by atoms with Crippen molar-refractivity contribution in [1.29, 1.82) is 0 Å². The molecule has 0 bridgehead atoms. The molecule has 6 heteroatoms. The predicted octanol–water partition coefficient (Wildman–Crippen LogP) is 0.464.